The lowest BCUT2D eigenvalue weighted by atomic mass is 10.1. The van der Waals surface area contributed by atoms with E-state index in [4.69, 9.17) is 9.47 Å². The number of methoxy groups -OCH3 is 2. The van der Waals surface area contributed by atoms with Gasteiger partial charge in [-0.1, -0.05) is 24.3 Å². The van der Waals surface area contributed by atoms with E-state index in [1.807, 2.05) is 48.5 Å². The van der Waals surface area contributed by atoms with Crippen molar-refractivity contribution in [3.05, 3.63) is 66.2 Å². The predicted octanol–water partition coefficient (Wildman–Crippen LogP) is 3.80. The number of rotatable bonds is 8. The number of carbonyl (C=O) groups is 1. The first kappa shape index (κ1) is 22.0. The van der Waals surface area contributed by atoms with Crippen molar-refractivity contribution in [2.75, 3.05) is 58.4 Å². The SMILES string of the molecule is COc1ccc(N2CCN(CCCNC(=O)c3cc4ccccc4cc3OC)CC2)cc1. The van der Waals surface area contributed by atoms with Gasteiger partial charge in [-0.15, -0.1) is 0 Å². The number of piperazine rings is 1. The number of amides is 1. The summed E-state index contributed by atoms with van der Waals surface area (Å²) in [6.07, 6.45) is 0.921. The van der Waals surface area contributed by atoms with Crippen LogP contribution < -0.4 is 19.7 Å². The lowest BCUT2D eigenvalue weighted by Crippen LogP contribution is -2.47. The quantitative estimate of drug-likeness (QED) is 0.548. The van der Waals surface area contributed by atoms with E-state index < -0.39 is 0 Å². The van der Waals surface area contributed by atoms with Crippen molar-refractivity contribution in [3.8, 4) is 11.5 Å². The molecule has 3 aromatic rings. The molecule has 0 bridgehead atoms. The third-order valence-electron chi connectivity index (χ3n) is 6.06. The Balaban J connectivity index is 1.23. The average molecular weight is 434 g/mol. The van der Waals surface area contributed by atoms with Crippen LogP contribution in [0.2, 0.25) is 0 Å². The molecule has 1 aliphatic heterocycles. The van der Waals surface area contributed by atoms with Gasteiger partial charge in [0.2, 0.25) is 0 Å². The van der Waals surface area contributed by atoms with Crippen LogP contribution in [0, 0.1) is 0 Å². The second-order valence-corrected chi connectivity index (χ2v) is 8.04. The highest BCUT2D eigenvalue weighted by molar-refractivity contribution is 6.01. The molecule has 6 nitrogen and oxygen atoms in total. The van der Waals surface area contributed by atoms with Crippen LogP contribution in [-0.4, -0.2) is 64.3 Å². The number of anilines is 1. The van der Waals surface area contributed by atoms with Gasteiger partial charge >= 0.3 is 0 Å². The molecule has 1 amide bonds. The molecule has 1 heterocycles. The second kappa shape index (κ2) is 10.4. The number of hydrogen-bond acceptors (Lipinski definition) is 5. The fourth-order valence-corrected chi connectivity index (χ4v) is 4.19. The maximum absolute atomic E-state index is 12.7. The van der Waals surface area contributed by atoms with Crippen molar-refractivity contribution in [1.29, 1.82) is 0 Å². The molecule has 3 aromatic carbocycles. The molecule has 4 rings (SSSR count). The van der Waals surface area contributed by atoms with Crippen LogP contribution >= 0.6 is 0 Å². The van der Waals surface area contributed by atoms with Crippen LogP contribution in [0.3, 0.4) is 0 Å². The van der Waals surface area contributed by atoms with E-state index in [1.54, 1.807) is 14.2 Å². The maximum Gasteiger partial charge on any atom is 0.255 e. The average Bonchev–Trinajstić information content (AvgIpc) is 2.86. The third kappa shape index (κ3) is 5.14. The summed E-state index contributed by atoms with van der Waals surface area (Å²) in [6, 6.07) is 20.1. The smallest absolute Gasteiger partial charge is 0.255 e. The van der Waals surface area contributed by atoms with E-state index in [9.17, 15) is 4.79 Å². The second-order valence-electron chi connectivity index (χ2n) is 8.04. The van der Waals surface area contributed by atoms with Gasteiger partial charge in [0.05, 0.1) is 19.8 Å². The van der Waals surface area contributed by atoms with Crippen LogP contribution in [0.4, 0.5) is 5.69 Å². The van der Waals surface area contributed by atoms with Crippen LogP contribution in [0.5, 0.6) is 11.5 Å². The van der Waals surface area contributed by atoms with E-state index in [2.05, 4.69) is 27.2 Å². The molecule has 0 radical (unpaired) electrons. The molecular weight excluding hydrogens is 402 g/mol. The number of carbonyl (C=O) groups excluding carboxylic acids is 1. The molecule has 32 heavy (non-hydrogen) atoms. The first-order chi connectivity index (χ1) is 15.7. The van der Waals surface area contributed by atoms with E-state index >= 15 is 0 Å². The highest BCUT2D eigenvalue weighted by Crippen LogP contribution is 2.26. The molecule has 1 saturated heterocycles. The van der Waals surface area contributed by atoms with Gasteiger partial charge in [-0.05, 0) is 60.1 Å². The van der Waals surface area contributed by atoms with Crippen LogP contribution in [-0.2, 0) is 0 Å². The number of nitrogens with one attached hydrogen (secondary N) is 1. The minimum Gasteiger partial charge on any atom is -0.497 e. The first-order valence-electron chi connectivity index (χ1n) is 11.1. The lowest BCUT2D eigenvalue weighted by Gasteiger charge is -2.36. The maximum atomic E-state index is 12.7. The van der Waals surface area contributed by atoms with Crippen LogP contribution in [0.1, 0.15) is 16.8 Å². The number of ether oxygens (including phenoxy) is 2. The number of hydrogen-bond donors (Lipinski definition) is 1. The number of fused-ring (bicyclic) bond motifs is 1. The Morgan fingerprint density at radius 1 is 0.906 bits per heavy atom. The Morgan fingerprint density at radius 3 is 2.25 bits per heavy atom. The van der Waals surface area contributed by atoms with Gasteiger partial charge in [-0.2, -0.15) is 0 Å². The molecule has 0 saturated carbocycles. The fraction of sp³-hybridized carbons (Fsp3) is 0.346. The molecule has 0 aromatic heterocycles. The Hall–Kier alpha value is -3.25. The van der Waals surface area contributed by atoms with Crippen molar-refractivity contribution >= 4 is 22.4 Å². The van der Waals surface area contributed by atoms with Crippen LogP contribution in [0.15, 0.2) is 60.7 Å². The third-order valence-corrected chi connectivity index (χ3v) is 6.06. The number of nitrogens with zero attached hydrogens (tertiary/aromatic N) is 2. The molecule has 0 unspecified atom stereocenters. The topological polar surface area (TPSA) is 54.0 Å². The number of benzene rings is 3. The minimum absolute atomic E-state index is 0.0862. The van der Waals surface area contributed by atoms with Crippen molar-refractivity contribution in [1.82, 2.24) is 10.2 Å². The fourth-order valence-electron chi connectivity index (χ4n) is 4.19. The Kier molecular flexibility index (Phi) is 7.12. The molecular formula is C26H31N3O3. The zero-order valence-electron chi connectivity index (χ0n) is 18.8. The summed E-state index contributed by atoms with van der Waals surface area (Å²) in [6.45, 7) is 5.69. The standard InChI is InChI=1S/C26H31N3O3/c1-31-23-10-8-22(9-11-23)29-16-14-28(15-17-29)13-5-12-27-26(30)24-18-20-6-3-4-7-21(20)19-25(24)32-2/h3-4,6-11,18-19H,5,12-17H2,1-2H3,(H,27,30). The summed E-state index contributed by atoms with van der Waals surface area (Å²) in [4.78, 5) is 17.6. The largest absolute Gasteiger partial charge is 0.497 e. The van der Waals surface area contributed by atoms with E-state index in [-0.39, 0.29) is 5.91 Å². The highest BCUT2D eigenvalue weighted by Gasteiger charge is 2.17. The van der Waals surface area contributed by atoms with E-state index in [0.29, 0.717) is 17.9 Å². The zero-order valence-corrected chi connectivity index (χ0v) is 18.8. The molecule has 168 valence electrons. The molecule has 0 aliphatic carbocycles. The normalized spacial score (nSPS) is 14.4. The molecule has 0 atom stereocenters. The monoisotopic (exact) mass is 433 g/mol. The molecule has 1 N–H and O–H groups in total. The van der Waals surface area contributed by atoms with Crippen molar-refractivity contribution in [3.63, 3.8) is 0 Å². The summed E-state index contributed by atoms with van der Waals surface area (Å²) < 4.78 is 10.7. The van der Waals surface area contributed by atoms with Gasteiger partial charge in [0.25, 0.3) is 5.91 Å². The van der Waals surface area contributed by atoms with Gasteiger partial charge in [0.1, 0.15) is 11.5 Å². The van der Waals surface area contributed by atoms with Gasteiger partial charge in [0, 0.05) is 38.4 Å². The van der Waals surface area contributed by atoms with Gasteiger partial charge < -0.3 is 19.7 Å². The van der Waals surface area contributed by atoms with Gasteiger partial charge in [-0.3, -0.25) is 9.69 Å². The van der Waals surface area contributed by atoms with Gasteiger partial charge in [-0.25, -0.2) is 0 Å². The first-order valence-corrected chi connectivity index (χ1v) is 11.1. The summed E-state index contributed by atoms with van der Waals surface area (Å²) >= 11 is 0. The summed E-state index contributed by atoms with van der Waals surface area (Å²) in [7, 11) is 3.29. The highest BCUT2D eigenvalue weighted by atomic mass is 16.5. The Labute approximate surface area is 189 Å². The summed E-state index contributed by atoms with van der Waals surface area (Å²) in [5, 5.41) is 5.16. The van der Waals surface area contributed by atoms with E-state index in [1.165, 1.54) is 5.69 Å². The van der Waals surface area contributed by atoms with Crippen molar-refractivity contribution in [2.45, 2.75) is 6.42 Å². The molecule has 1 aliphatic rings. The summed E-state index contributed by atoms with van der Waals surface area (Å²) in [5.41, 5.74) is 1.82. The molecule has 6 heteroatoms. The van der Waals surface area contributed by atoms with Crippen LogP contribution in [0.25, 0.3) is 10.8 Å². The Bertz CT molecular complexity index is 1040. The van der Waals surface area contributed by atoms with E-state index in [0.717, 1.165) is 55.7 Å². The van der Waals surface area contributed by atoms with Crippen molar-refractivity contribution in [2.24, 2.45) is 0 Å². The Morgan fingerprint density at radius 2 is 1.59 bits per heavy atom. The van der Waals surface area contributed by atoms with Crippen molar-refractivity contribution < 1.29 is 14.3 Å². The molecule has 0 spiro atoms. The lowest BCUT2D eigenvalue weighted by molar-refractivity contribution is 0.0948. The zero-order chi connectivity index (χ0) is 22.3. The minimum atomic E-state index is -0.0862. The van der Waals surface area contributed by atoms with Gasteiger partial charge in [0.15, 0.2) is 0 Å². The predicted molar refractivity (Wildman–Crippen MR) is 129 cm³/mol. The summed E-state index contributed by atoms with van der Waals surface area (Å²) in [5.74, 6) is 1.41. The molecule has 1 fully saturated rings.